The SMILES string of the molecule is COC1(OC)[C@]2(Cl)[C@@H]3[C@H](C)[C@@]1(Cl)C(=O)[C@@]2(O)OC3(C)C. The number of carbonyl (C=O) groups is 1. The van der Waals surface area contributed by atoms with Crippen molar-refractivity contribution in [2.75, 3.05) is 14.2 Å². The molecule has 3 aliphatic rings. The van der Waals surface area contributed by atoms with E-state index in [0.717, 1.165) is 0 Å². The second-order valence-corrected chi connectivity index (χ2v) is 7.59. The van der Waals surface area contributed by atoms with E-state index in [0.29, 0.717) is 0 Å². The van der Waals surface area contributed by atoms with Crippen LogP contribution in [0.5, 0.6) is 0 Å². The van der Waals surface area contributed by atoms with Crippen LogP contribution in [0, 0.1) is 11.8 Å². The minimum Gasteiger partial charge on any atom is -0.358 e. The lowest BCUT2D eigenvalue weighted by atomic mass is 9.72. The second-order valence-electron chi connectivity index (χ2n) is 6.39. The monoisotopic (exact) mass is 324 g/mol. The van der Waals surface area contributed by atoms with Crippen molar-refractivity contribution in [1.29, 1.82) is 0 Å². The zero-order valence-corrected chi connectivity index (χ0v) is 13.5. The fourth-order valence-electron chi connectivity index (χ4n) is 4.87. The first-order valence-electron chi connectivity index (χ1n) is 6.47. The highest BCUT2D eigenvalue weighted by Crippen LogP contribution is 2.77. The van der Waals surface area contributed by atoms with Crippen LogP contribution in [-0.2, 0) is 19.0 Å². The summed E-state index contributed by atoms with van der Waals surface area (Å²) in [6.07, 6.45) is 0. The van der Waals surface area contributed by atoms with E-state index in [-0.39, 0.29) is 5.92 Å². The molecule has 0 aromatic rings. The molecule has 2 aliphatic carbocycles. The van der Waals surface area contributed by atoms with Gasteiger partial charge in [0.25, 0.3) is 5.79 Å². The van der Waals surface area contributed by atoms with Crippen molar-refractivity contribution in [3.8, 4) is 0 Å². The summed E-state index contributed by atoms with van der Waals surface area (Å²) in [6.45, 7) is 5.36. The quantitative estimate of drug-likeness (QED) is 0.612. The Balaban J connectivity index is 2.40. The van der Waals surface area contributed by atoms with E-state index < -0.39 is 38.6 Å². The van der Waals surface area contributed by atoms with Crippen molar-refractivity contribution in [3.05, 3.63) is 0 Å². The lowest BCUT2D eigenvalue weighted by Crippen LogP contribution is -2.60. The molecule has 3 rings (SSSR count). The van der Waals surface area contributed by atoms with Crippen molar-refractivity contribution in [1.82, 2.24) is 0 Å². The minimum absolute atomic E-state index is 0.383. The molecule has 1 N–H and O–H groups in total. The summed E-state index contributed by atoms with van der Waals surface area (Å²) < 4.78 is 16.6. The molecule has 0 radical (unpaired) electrons. The van der Waals surface area contributed by atoms with Gasteiger partial charge >= 0.3 is 0 Å². The summed E-state index contributed by atoms with van der Waals surface area (Å²) in [5.74, 6) is -5.35. The molecule has 20 heavy (non-hydrogen) atoms. The number of ketones is 1. The molecular weight excluding hydrogens is 307 g/mol. The van der Waals surface area contributed by atoms with Crippen LogP contribution in [0.4, 0.5) is 0 Å². The molecule has 1 saturated heterocycles. The largest absolute Gasteiger partial charge is 0.358 e. The van der Waals surface area contributed by atoms with E-state index in [2.05, 4.69) is 0 Å². The van der Waals surface area contributed by atoms with Gasteiger partial charge in [-0.25, -0.2) is 0 Å². The second kappa shape index (κ2) is 3.53. The van der Waals surface area contributed by atoms with Crippen LogP contribution in [-0.4, -0.2) is 52.0 Å². The summed E-state index contributed by atoms with van der Waals surface area (Å²) in [7, 11) is 2.73. The Labute approximate surface area is 127 Å². The van der Waals surface area contributed by atoms with Gasteiger partial charge in [-0.3, -0.25) is 4.79 Å². The molecule has 1 aliphatic heterocycles. The predicted octanol–water partition coefficient (Wildman–Crippen LogP) is 1.28. The zero-order valence-electron chi connectivity index (χ0n) is 12.0. The number of halogens is 2. The van der Waals surface area contributed by atoms with E-state index in [4.69, 9.17) is 37.4 Å². The van der Waals surface area contributed by atoms with Gasteiger partial charge in [0.15, 0.2) is 9.75 Å². The maximum Gasteiger partial charge on any atom is 0.254 e. The van der Waals surface area contributed by atoms with Gasteiger partial charge in [0.2, 0.25) is 11.6 Å². The first-order chi connectivity index (χ1) is 9.01. The van der Waals surface area contributed by atoms with Crippen LogP contribution in [0.15, 0.2) is 0 Å². The van der Waals surface area contributed by atoms with E-state index in [1.54, 1.807) is 13.8 Å². The highest BCUT2D eigenvalue weighted by molar-refractivity contribution is 6.44. The Morgan fingerprint density at radius 1 is 1.25 bits per heavy atom. The number of ether oxygens (including phenoxy) is 3. The number of rotatable bonds is 2. The molecule has 5 atom stereocenters. The number of aliphatic hydroxyl groups is 1. The van der Waals surface area contributed by atoms with Crippen LogP contribution >= 0.6 is 23.2 Å². The number of alkyl halides is 2. The standard InChI is InChI=1S/C13H18Cl2O5/c1-6-7-9(2,3)20-12(17)8(16)10(6,14)13(18-4,19-5)11(7,12)15/h6-7,17H,1-5H3/t6-,7+,10+,11-,12+/m0/s1. The van der Waals surface area contributed by atoms with Gasteiger partial charge in [-0.1, -0.05) is 6.92 Å². The zero-order chi connectivity index (χ0) is 15.4. The number of hydrogen-bond donors (Lipinski definition) is 1. The Hall–Kier alpha value is 0.0900. The Morgan fingerprint density at radius 3 is 2.15 bits per heavy atom. The first kappa shape index (κ1) is 15.0. The van der Waals surface area contributed by atoms with E-state index in [1.807, 2.05) is 6.92 Å². The molecule has 0 amide bonds. The van der Waals surface area contributed by atoms with E-state index in [9.17, 15) is 9.90 Å². The Morgan fingerprint density at radius 2 is 1.75 bits per heavy atom. The average Bonchev–Trinajstić information content (AvgIpc) is 2.65. The van der Waals surface area contributed by atoms with Crippen molar-refractivity contribution in [2.45, 2.75) is 47.7 Å². The molecule has 0 aromatic carbocycles. The number of carbonyl (C=O) groups excluding carboxylic acids is 1. The highest BCUT2D eigenvalue weighted by Gasteiger charge is 2.98. The molecule has 3 fully saturated rings. The molecule has 1 heterocycles. The van der Waals surface area contributed by atoms with Gasteiger partial charge in [0.05, 0.1) is 5.60 Å². The number of Topliss-reactive ketones (excluding diaryl/α,β-unsaturated/α-hetero) is 1. The van der Waals surface area contributed by atoms with Gasteiger partial charge < -0.3 is 19.3 Å². The van der Waals surface area contributed by atoms with Crippen LogP contribution < -0.4 is 0 Å². The Kier molecular flexibility index (Phi) is 2.65. The topological polar surface area (TPSA) is 65.0 Å². The molecule has 0 aromatic heterocycles. The maximum atomic E-state index is 12.8. The third-order valence-electron chi connectivity index (χ3n) is 5.38. The van der Waals surface area contributed by atoms with Crippen molar-refractivity contribution in [2.24, 2.45) is 11.8 Å². The van der Waals surface area contributed by atoms with Crippen molar-refractivity contribution in [3.63, 3.8) is 0 Å². The van der Waals surface area contributed by atoms with Crippen LogP contribution in [0.1, 0.15) is 20.8 Å². The number of hydrogen-bond acceptors (Lipinski definition) is 5. The first-order valence-corrected chi connectivity index (χ1v) is 7.22. The lowest BCUT2D eigenvalue weighted by Gasteiger charge is -2.39. The lowest BCUT2D eigenvalue weighted by molar-refractivity contribution is -0.257. The average molecular weight is 325 g/mol. The third-order valence-corrected chi connectivity index (χ3v) is 6.88. The molecule has 114 valence electrons. The molecule has 7 heteroatoms. The molecule has 5 nitrogen and oxygen atoms in total. The van der Waals surface area contributed by atoms with Gasteiger partial charge in [-0.05, 0) is 19.8 Å². The number of methoxy groups -OCH3 is 2. The third kappa shape index (κ3) is 0.989. The minimum atomic E-state index is -2.22. The van der Waals surface area contributed by atoms with E-state index >= 15 is 0 Å². The molecule has 2 saturated carbocycles. The fourth-order valence-corrected chi connectivity index (χ4v) is 6.35. The van der Waals surface area contributed by atoms with Crippen LogP contribution in [0.3, 0.4) is 0 Å². The summed E-state index contributed by atoms with van der Waals surface area (Å²) in [5, 5.41) is 10.8. The smallest absolute Gasteiger partial charge is 0.254 e. The van der Waals surface area contributed by atoms with E-state index in [1.165, 1.54) is 14.2 Å². The van der Waals surface area contributed by atoms with Gasteiger partial charge in [0.1, 0.15) is 0 Å². The van der Waals surface area contributed by atoms with Gasteiger partial charge in [-0.2, -0.15) is 0 Å². The number of fused-ring (bicyclic) bond motifs is 1. The Bertz CT molecular complexity index is 505. The molecule has 0 unspecified atom stereocenters. The predicted molar refractivity (Wildman–Crippen MR) is 71.7 cm³/mol. The molecule has 2 bridgehead atoms. The highest BCUT2D eigenvalue weighted by atomic mass is 35.5. The van der Waals surface area contributed by atoms with Crippen molar-refractivity contribution >= 4 is 29.0 Å². The fraction of sp³-hybridized carbons (Fsp3) is 0.923. The van der Waals surface area contributed by atoms with Crippen molar-refractivity contribution < 1.29 is 24.1 Å². The summed E-state index contributed by atoms with van der Waals surface area (Å²) >= 11 is 13.4. The molecule has 0 spiro atoms. The van der Waals surface area contributed by atoms with Gasteiger partial charge in [-0.15, -0.1) is 23.2 Å². The molecular formula is C13H18Cl2O5. The maximum absolute atomic E-state index is 12.8. The summed E-state index contributed by atoms with van der Waals surface area (Å²) in [5.41, 5.74) is -0.832. The summed E-state index contributed by atoms with van der Waals surface area (Å²) in [6, 6.07) is 0. The van der Waals surface area contributed by atoms with Gasteiger partial charge in [0, 0.05) is 20.1 Å². The van der Waals surface area contributed by atoms with Crippen LogP contribution in [0.25, 0.3) is 0 Å². The summed E-state index contributed by atoms with van der Waals surface area (Å²) in [4.78, 5) is 9.57. The van der Waals surface area contributed by atoms with Crippen LogP contribution in [0.2, 0.25) is 0 Å². The normalized spacial score (nSPS) is 54.7.